The maximum atomic E-state index is 4.68. The summed E-state index contributed by atoms with van der Waals surface area (Å²) in [5, 5.41) is 1.15. The van der Waals surface area contributed by atoms with Crippen LogP contribution in [0, 0.1) is 0 Å². The summed E-state index contributed by atoms with van der Waals surface area (Å²) in [6.45, 7) is 4.39. The summed E-state index contributed by atoms with van der Waals surface area (Å²) < 4.78 is 0. The normalized spacial score (nSPS) is 11.1. The molecule has 0 amide bonds. The van der Waals surface area contributed by atoms with Crippen molar-refractivity contribution in [2.75, 3.05) is 0 Å². The molecule has 2 heteroatoms. The van der Waals surface area contributed by atoms with Gasteiger partial charge >= 0.3 is 0 Å². The first-order chi connectivity index (χ1) is 9.25. The van der Waals surface area contributed by atoms with Crippen molar-refractivity contribution in [3.05, 3.63) is 60.3 Å². The maximum Gasteiger partial charge on any atom is 0.159 e. The molecule has 2 aromatic carbocycles. The van der Waals surface area contributed by atoms with Gasteiger partial charge in [0.05, 0.1) is 5.52 Å². The van der Waals surface area contributed by atoms with Gasteiger partial charge in [-0.15, -0.1) is 0 Å². The molecule has 0 fully saturated rings. The summed E-state index contributed by atoms with van der Waals surface area (Å²) in [5.41, 5.74) is 3.37. The molecule has 0 aliphatic rings. The van der Waals surface area contributed by atoms with Gasteiger partial charge in [-0.1, -0.05) is 56.3 Å². The molecule has 0 aliphatic carbocycles. The van der Waals surface area contributed by atoms with E-state index in [4.69, 9.17) is 0 Å². The SMILES string of the molecule is CC(C)c1cccc2nc(-c3ccccc3)ncc12. The summed E-state index contributed by atoms with van der Waals surface area (Å²) >= 11 is 0. The molecule has 1 heterocycles. The molecule has 3 aromatic rings. The lowest BCUT2D eigenvalue weighted by molar-refractivity contribution is 0.875. The van der Waals surface area contributed by atoms with Crippen LogP contribution in [0.15, 0.2) is 54.7 Å². The lowest BCUT2D eigenvalue weighted by atomic mass is 9.99. The van der Waals surface area contributed by atoms with Gasteiger partial charge in [-0.2, -0.15) is 0 Å². The summed E-state index contributed by atoms with van der Waals surface area (Å²) in [6.07, 6.45) is 1.94. The highest BCUT2D eigenvalue weighted by molar-refractivity contribution is 5.83. The van der Waals surface area contributed by atoms with Crippen LogP contribution in [0.2, 0.25) is 0 Å². The van der Waals surface area contributed by atoms with Crippen LogP contribution < -0.4 is 0 Å². The van der Waals surface area contributed by atoms with Gasteiger partial charge in [0.25, 0.3) is 0 Å². The molecule has 19 heavy (non-hydrogen) atoms. The van der Waals surface area contributed by atoms with Gasteiger partial charge in [0.2, 0.25) is 0 Å². The standard InChI is InChI=1S/C17H16N2/c1-12(2)14-9-6-10-16-15(14)11-18-17(19-16)13-7-4-3-5-8-13/h3-12H,1-2H3. The monoisotopic (exact) mass is 248 g/mol. The Kier molecular flexibility index (Phi) is 3.00. The molecule has 94 valence electrons. The highest BCUT2D eigenvalue weighted by Gasteiger charge is 2.08. The van der Waals surface area contributed by atoms with Gasteiger partial charge in [0, 0.05) is 17.1 Å². The molecule has 0 spiro atoms. The maximum absolute atomic E-state index is 4.68. The number of hydrogen-bond acceptors (Lipinski definition) is 2. The molecular weight excluding hydrogens is 232 g/mol. The number of benzene rings is 2. The van der Waals surface area contributed by atoms with E-state index in [1.54, 1.807) is 0 Å². The Balaban J connectivity index is 2.18. The minimum atomic E-state index is 0.481. The molecule has 0 aliphatic heterocycles. The Morgan fingerprint density at radius 2 is 1.68 bits per heavy atom. The minimum Gasteiger partial charge on any atom is -0.236 e. The highest BCUT2D eigenvalue weighted by atomic mass is 14.9. The highest BCUT2D eigenvalue weighted by Crippen LogP contribution is 2.25. The fourth-order valence-electron chi connectivity index (χ4n) is 2.31. The summed E-state index contributed by atoms with van der Waals surface area (Å²) in [6, 6.07) is 16.4. The molecule has 0 bridgehead atoms. The largest absolute Gasteiger partial charge is 0.236 e. The van der Waals surface area contributed by atoms with Crippen molar-refractivity contribution in [1.82, 2.24) is 9.97 Å². The topological polar surface area (TPSA) is 25.8 Å². The fraction of sp³-hybridized carbons (Fsp3) is 0.176. The van der Waals surface area contributed by atoms with Crippen LogP contribution in [0.1, 0.15) is 25.3 Å². The lowest BCUT2D eigenvalue weighted by Gasteiger charge is -2.09. The Morgan fingerprint density at radius 3 is 2.42 bits per heavy atom. The summed E-state index contributed by atoms with van der Waals surface area (Å²) in [7, 11) is 0. The molecule has 0 unspecified atom stereocenters. The molecule has 2 nitrogen and oxygen atoms in total. The minimum absolute atomic E-state index is 0.481. The van der Waals surface area contributed by atoms with Crippen LogP contribution in [0.5, 0.6) is 0 Å². The van der Waals surface area contributed by atoms with Gasteiger partial charge in [0.15, 0.2) is 5.82 Å². The Labute approximate surface area is 113 Å². The average molecular weight is 248 g/mol. The first kappa shape index (κ1) is 11.8. The van der Waals surface area contributed by atoms with Crippen LogP contribution in [-0.4, -0.2) is 9.97 Å². The van der Waals surface area contributed by atoms with Crippen molar-refractivity contribution in [2.24, 2.45) is 0 Å². The molecule has 1 aromatic heterocycles. The first-order valence-corrected chi connectivity index (χ1v) is 6.57. The van der Waals surface area contributed by atoms with Gasteiger partial charge in [0.1, 0.15) is 0 Å². The van der Waals surface area contributed by atoms with Crippen molar-refractivity contribution in [1.29, 1.82) is 0 Å². The third kappa shape index (κ3) is 2.22. The Bertz CT molecular complexity index is 703. The van der Waals surface area contributed by atoms with Crippen LogP contribution in [0.3, 0.4) is 0 Å². The van der Waals surface area contributed by atoms with Crippen molar-refractivity contribution in [2.45, 2.75) is 19.8 Å². The van der Waals surface area contributed by atoms with E-state index < -0.39 is 0 Å². The van der Waals surface area contributed by atoms with Crippen molar-refractivity contribution >= 4 is 10.9 Å². The second-order valence-electron chi connectivity index (χ2n) is 4.99. The number of nitrogens with zero attached hydrogens (tertiary/aromatic N) is 2. The molecule has 0 saturated heterocycles. The Hall–Kier alpha value is -2.22. The zero-order chi connectivity index (χ0) is 13.2. The first-order valence-electron chi connectivity index (χ1n) is 6.57. The number of rotatable bonds is 2. The van der Waals surface area contributed by atoms with Crippen LogP contribution >= 0.6 is 0 Å². The second-order valence-corrected chi connectivity index (χ2v) is 4.99. The predicted octanol–water partition coefficient (Wildman–Crippen LogP) is 4.42. The quantitative estimate of drug-likeness (QED) is 0.671. The molecule has 0 radical (unpaired) electrons. The van der Waals surface area contributed by atoms with Crippen molar-refractivity contribution < 1.29 is 0 Å². The van der Waals surface area contributed by atoms with Crippen LogP contribution in [-0.2, 0) is 0 Å². The van der Waals surface area contributed by atoms with Crippen LogP contribution in [0.4, 0.5) is 0 Å². The number of aromatic nitrogens is 2. The Morgan fingerprint density at radius 1 is 0.895 bits per heavy atom. The molecule has 0 atom stereocenters. The third-order valence-corrected chi connectivity index (χ3v) is 3.31. The number of fused-ring (bicyclic) bond motifs is 1. The molecule has 0 saturated carbocycles. The van der Waals surface area contributed by atoms with Crippen molar-refractivity contribution in [3.63, 3.8) is 0 Å². The molecule has 0 N–H and O–H groups in total. The van der Waals surface area contributed by atoms with E-state index in [-0.39, 0.29) is 0 Å². The van der Waals surface area contributed by atoms with Crippen LogP contribution in [0.25, 0.3) is 22.3 Å². The average Bonchev–Trinajstić information content (AvgIpc) is 2.47. The van der Waals surface area contributed by atoms with E-state index in [1.807, 2.05) is 36.5 Å². The van der Waals surface area contributed by atoms with Gasteiger partial charge < -0.3 is 0 Å². The second kappa shape index (κ2) is 4.81. The summed E-state index contributed by atoms with van der Waals surface area (Å²) in [5.74, 6) is 1.27. The van der Waals surface area contributed by atoms with E-state index in [0.29, 0.717) is 5.92 Å². The zero-order valence-electron chi connectivity index (χ0n) is 11.2. The number of hydrogen-bond donors (Lipinski definition) is 0. The fourth-order valence-corrected chi connectivity index (χ4v) is 2.31. The zero-order valence-corrected chi connectivity index (χ0v) is 11.2. The van der Waals surface area contributed by atoms with E-state index in [9.17, 15) is 0 Å². The molecule has 3 rings (SSSR count). The smallest absolute Gasteiger partial charge is 0.159 e. The van der Waals surface area contributed by atoms with E-state index in [1.165, 1.54) is 5.56 Å². The summed E-state index contributed by atoms with van der Waals surface area (Å²) in [4.78, 5) is 9.19. The third-order valence-electron chi connectivity index (χ3n) is 3.31. The van der Waals surface area contributed by atoms with E-state index >= 15 is 0 Å². The van der Waals surface area contributed by atoms with Gasteiger partial charge in [-0.25, -0.2) is 9.97 Å². The predicted molar refractivity (Wildman–Crippen MR) is 79.1 cm³/mol. The molecular formula is C17H16N2. The van der Waals surface area contributed by atoms with Gasteiger partial charge in [-0.3, -0.25) is 0 Å². The van der Waals surface area contributed by atoms with Gasteiger partial charge in [-0.05, 0) is 17.5 Å². The lowest BCUT2D eigenvalue weighted by Crippen LogP contribution is -1.94. The van der Waals surface area contributed by atoms with Crippen molar-refractivity contribution in [3.8, 4) is 11.4 Å². The van der Waals surface area contributed by atoms with E-state index in [2.05, 4.69) is 42.0 Å². The van der Waals surface area contributed by atoms with E-state index in [0.717, 1.165) is 22.3 Å².